The Kier molecular flexibility index (Phi) is 6.91. The molecule has 0 aromatic heterocycles. The molecule has 2 amide bonds. The molecule has 0 bridgehead atoms. The normalized spacial score (nSPS) is 14.3. The number of aliphatic carboxylic acids is 1. The molecule has 1 aliphatic rings. The van der Waals surface area contributed by atoms with Gasteiger partial charge in [0.2, 0.25) is 5.91 Å². The molecule has 0 radical (unpaired) electrons. The van der Waals surface area contributed by atoms with Crippen LogP contribution in [-0.4, -0.2) is 53.5 Å². The highest BCUT2D eigenvalue weighted by atomic mass is 16.5. The lowest BCUT2D eigenvalue weighted by molar-refractivity contribution is -0.143. The summed E-state index contributed by atoms with van der Waals surface area (Å²) >= 11 is 0. The van der Waals surface area contributed by atoms with Crippen molar-refractivity contribution in [3.8, 4) is 11.1 Å². The third-order valence-corrected chi connectivity index (χ3v) is 5.36. The number of fused-ring (bicyclic) bond motifs is 3. The second-order valence-electron chi connectivity index (χ2n) is 7.77. The van der Waals surface area contributed by atoms with Gasteiger partial charge >= 0.3 is 12.1 Å². The van der Waals surface area contributed by atoms with E-state index in [1.54, 1.807) is 13.8 Å². The van der Waals surface area contributed by atoms with Gasteiger partial charge in [0.05, 0.1) is 6.61 Å². The summed E-state index contributed by atoms with van der Waals surface area (Å²) in [5, 5.41) is 22.8. The van der Waals surface area contributed by atoms with Crippen molar-refractivity contribution in [2.45, 2.75) is 31.8 Å². The van der Waals surface area contributed by atoms with E-state index in [2.05, 4.69) is 10.6 Å². The molecule has 8 nitrogen and oxygen atoms in total. The average molecular weight is 426 g/mol. The maximum Gasteiger partial charge on any atom is 0.407 e. The maximum atomic E-state index is 12.5. The minimum absolute atomic E-state index is 0.0979. The summed E-state index contributed by atoms with van der Waals surface area (Å²) in [4.78, 5) is 35.9. The number of alkyl carbamates (subject to hydrolysis) is 1. The molecule has 2 aromatic carbocycles. The molecule has 2 unspecified atom stereocenters. The zero-order valence-corrected chi connectivity index (χ0v) is 17.4. The van der Waals surface area contributed by atoms with Crippen molar-refractivity contribution in [1.29, 1.82) is 0 Å². The van der Waals surface area contributed by atoms with Gasteiger partial charge in [0.1, 0.15) is 18.7 Å². The van der Waals surface area contributed by atoms with Gasteiger partial charge in [-0.1, -0.05) is 62.4 Å². The van der Waals surface area contributed by atoms with Gasteiger partial charge < -0.3 is 25.6 Å². The Bertz CT molecular complexity index is 929. The first-order valence-electron chi connectivity index (χ1n) is 10.1. The monoisotopic (exact) mass is 426 g/mol. The molecular formula is C23H26N2O6. The molecule has 0 fully saturated rings. The molecule has 8 heteroatoms. The Morgan fingerprint density at radius 2 is 1.52 bits per heavy atom. The summed E-state index contributed by atoms with van der Waals surface area (Å²) in [7, 11) is 0. The SMILES string of the molecule is CC(C)C(NC(=O)OCC1c2ccccc2-c2ccccc21)C(=O)NC(CO)C(=O)O. The Morgan fingerprint density at radius 1 is 0.968 bits per heavy atom. The van der Waals surface area contributed by atoms with Crippen molar-refractivity contribution in [3.05, 3.63) is 59.7 Å². The van der Waals surface area contributed by atoms with Crippen molar-refractivity contribution in [2.24, 2.45) is 5.92 Å². The van der Waals surface area contributed by atoms with Crippen molar-refractivity contribution in [3.63, 3.8) is 0 Å². The quantitative estimate of drug-likeness (QED) is 0.512. The minimum Gasteiger partial charge on any atom is -0.480 e. The lowest BCUT2D eigenvalue weighted by atomic mass is 9.98. The van der Waals surface area contributed by atoms with E-state index in [9.17, 15) is 14.4 Å². The Morgan fingerprint density at radius 3 is 2.00 bits per heavy atom. The predicted octanol–water partition coefficient (Wildman–Crippen LogP) is 2.11. The van der Waals surface area contributed by atoms with Crippen LogP contribution in [0.3, 0.4) is 0 Å². The number of carbonyl (C=O) groups excluding carboxylic acids is 2. The fourth-order valence-electron chi connectivity index (χ4n) is 3.75. The van der Waals surface area contributed by atoms with Gasteiger partial charge in [-0.3, -0.25) is 4.79 Å². The lowest BCUT2D eigenvalue weighted by Gasteiger charge is -2.23. The summed E-state index contributed by atoms with van der Waals surface area (Å²) < 4.78 is 5.45. The lowest BCUT2D eigenvalue weighted by Crippen LogP contribution is -2.54. The highest BCUT2D eigenvalue weighted by Gasteiger charge is 2.31. The summed E-state index contributed by atoms with van der Waals surface area (Å²) in [6.07, 6.45) is -0.772. The number of aliphatic hydroxyl groups is 1. The van der Waals surface area contributed by atoms with Crippen LogP contribution in [0.2, 0.25) is 0 Å². The van der Waals surface area contributed by atoms with Crippen LogP contribution in [0.5, 0.6) is 0 Å². The van der Waals surface area contributed by atoms with E-state index in [0.717, 1.165) is 22.3 Å². The molecule has 31 heavy (non-hydrogen) atoms. The van der Waals surface area contributed by atoms with Crippen molar-refractivity contribution in [1.82, 2.24) is 10.6 Å². The molecule has 0 spiro atoms. The molecule has 3 rings (SSSR count). The summed E-state index contributed by atoms with van der Waals surface area (Å²) in [6.45, 7) is 2.77. The standard InChI is InChI=1S/C23H26N2O6/c1-13(2)20(21(27)24-19(11-26)22(28)29)25-23(30)31-12-18-16-9-5-3-7-14(16)15-8-4-6-10-17(15)18/h3-10,13,18-20,26H,11-12H2,1-2H3,(H,24,27)(H,25,30)(H,28,29). The van der Waals surface area contributed by atoms with Gasteiger partial charge in [0, 0.05) is 5.92 Å². The molecule has 1 aliphatic carbocycles. The van der Waals surface area contributed by atoms with Crippen LogP contribution in [0.1, 0.15) is 30.9 Å². The molecule has 0 saturated carbocycles. The number of amides is 2. The van der Waals surface area contributed by atoms with Crippen LogP contribution in [0.25, 0.3) is 11.1 Å². The van der Waals surface area contributed by atoms with Gasteiger partial charge in [-0.25, -0.2) is 9.59 Å². The molecule has 164 valence electrons. The summed E-state index contributed by atoms with van der Waals surface area (Å²) in [5.41, 5.74) is 4.36. The highest BCUT2D eigenvalue weighted by molar-refractivity contribution is 5.89. The average Bonchev–Trinajstić information content (AvgIpc) is 3.07. The number of hydrogen-bond donors (Lipinski definition) is 4. The van der Waals surface area contributed by atoms with Crippen LogP contribution >= 0.6 is 0 Å². The maximum absolute atomic E-state index is 12.5. The van der Waals surface area contributed by atoms with Crippen molar-refractivity contribution >= 4 is 18.0 Å². The number of ether oxygens (including phenoxy) is 1. The van der Waals surface area contributed by atoms with E-state index in [1.807, 2.05) is 48.5 Å². The fraction of sp³-hybridized carbons (Fsp3) is 0.348. The van der Waals surface area contributed by atoms with Gasteiger partial charge in [-0.2, -0.15) is 0 Å². The van der Waals surface area contributed by atoms with Crippen molar-refractivity contribution in [2.75, 3.05) is 13.2 Å². The minimum atomic E-state index is -1.45. The number of carbonyl (C=O) groups is 3. The number of hydrogen-bond acceptors (Lipinski definition) is 5. The Labute approximate surface area is 180 Å². The van der Waals surface area contributed by atoms with E-state index >= 15 is 0 Å². The van der Waals surface area contributed by atoms with Gasteiger partial charge in [-0.15, -0.1) is 0 Å². The third-order valence-electron chi connectivity index (χ3n) is 5.36. The van der Waals surface area contributed by atoms with Crippen LogP contribution in [0.15, 0.2) is 48.5 Å². The van der Waals surface area contributed by atoms with Crippen LogP contribution < -0.4 is 10.6 Å². The van der Waals surface area contributed by atoms with E-state index in [-0.39, 0.29) is 18.4 Å². The van der Waals surface area contributed by atoms with E-state index < -0.39 is 36.7 Å². The number of aliphatic hydroxyl groups excluding tert-OH is 1. The molecule has 2 atom stereocenters. The Hall–Kier alpha value is -3.39. The molecular weight excluding hydrogens is 400 g/mol. The van der Waals surface area contributed by atoms with Gasteiger partial charge in [0.15, 0.2) is 0 Å². The number of rotatable bonds is 8. The van der Waals surface area contributed by atoms with Crippen LogP contribution in [-0.2, 0) is 14.3 Å². The topological polar surface area (TPSA) is 125 Å². The summed E-state index contributed by atoms with van der Waals surface area (Å²) in [6, 6.07) is 13.4. The predicted molar refractivity (Wildman–Crippen MR) is 113 cm³/mol. The number of nitrogens with one attached hydrogen (secondary N) is 2. The van der Waals surface area contributed by atoms with E-state index in [0.29, 0.717) is 0 Å². The number of benzene rings is 2. The van der Waals surface area contributed by atoms with E-state index in [4.69, 9.17) is 14.9 Å². The zero-order valence-electron chi connectivity index (χ0n) is 17.4. The first-order chi connectivity index (χ1) is 14.8. The van der Waals surface area contributed by atoms with Gasteiger partial charge in [0.25, 0.3) is 0 Å². The largest absolute Gasteiger partial charge is 0.480 e. The fourth-order valence-corrected chi connectivity index (χ4v) is 3.75. The van der Waals surface area contributed by atoms with Crippen LogP contribution in [0, 0.1) is 5.92 Å². The summed E-state index contributed by atoms with van der Waals surface area (Å²) in [5.74, 6) is -2.51. The first-order valence-corrected chi connectivity index (χ1v) is 10.1. The van der Waals surface area contributed by atoms with Gasteiger partial charge in [-0.05, 0) is 28.2 Å². The molecule has 0 heterocycles. The Balaban J connectivity index is 1.66. The molecule has 4 N–H and O–H groups in total. The number of carboxylic acids is 1. The first kappa shape index (κ1) is 22.3. The number of carboxylic acid groups (broad SMARTS) is 1. The zero-order chi connectivity index (χ0) is 22.5. The van der Waals surface area contributed by atoms with Crippen molar-refractivity contribution < 1.29 is 29.3 Å². The smallest absolute Gasteiger partial charge is 0.407 e. The molecule has 0 aliphatic heterocycles. The molecule has 0 saturated heterocycles. The highest BCUT2D eigenvalue weighted by Crippen LogP contribution is 2.44. The van der Waals surface area contributed by atoms with E-state index in [1.165, 1.54) is 0 Å². The van der Waals surface area contributed by atoms with Crippen LogP contribution in [0.4, 0.5) is 4.79 Å². The second kappa shape index (κ2) is 9.61. The molecule has 2 aromatic rings. The third kappa shape index (κ3) is 4.86. The second-order valence-corrected chi connectivity index (χ2v) is 7.77.